The first-order valence-corrected chi connectivity index (χ1v) is 10.5. The Labute approximate surface area is 159 Å². The lowest BCUT2D eigenvalue weighted by molar-refractivity contribution is 0.606. The molecule has 0 spiro atoms. The summed E-state index contributed by atoms with van der Waals surface area (Å²) in [7, 11) is -3.40. The van der Waals surface area contributed by atoms with Crippen LogP contribution in [0.25, 0.3) is 22.4 Å². The highest BCUT2D eigenvalue weighted by atomic mass is 32.2. The molecule has 2 aromatic heterocycles. The molecule has 1 N–H and O–H groups in total. The van der Waals surface area contributed by atoms with Crippen LogP contribution in [-0.4, -0.2) is 29.6 Å². The van der Waals surface area contributed by atoms with Gasteiger partial charge in [-0.15, -0.1) is 0 Å². The molecule has 7 heteroatoms. The second-order valence-electron chi connectivity index (χ2n) is 6.44. The summed E-state index contributed by atoms with van der Waals surface area (Å²) < 4.78 is 25.9. The number of anilines is 1. The van der Waals surface area contributed by atoms with Gasteiger partial charge in [-0.25, -0.2) is 18.4 Å². The van der Waals surface area contributed by atoms with Crippen molar-refractivity contribution in [2.24, 2.45) is 0 Å². The minimum Gasteiger partial charge on any atom is -0.282 e. The summed E-state index contributed by atoms with van der Waals surface area (Å²) >= 11 is 0. The van der Waals surface area contributed by atoms with E-state index in [1.807, 2.05) is 38.1 Å². The number of aryl methyl sites for hydroxylation is 3. The Balaban J connectivity index is 2.26. The number of nitrogens with one attached hydrogen (secondary N) is 1. The molecule has 140 valence electrons. The van der Waals surface area contributed by atoms with Crippen LogP contribution in [-0.2, 0) is 16.4 Å². The number of hydrogen-bond acceptors (Lipinski definition) is 5. The van der Waals surface area contributed by atoms with Gasteiger partial charge in [0.25, 0.3) is 0 Å². The molecule has 6 nitrogen and oxygen atoms in total. The van der Waals surface area contributed by atoms with Crippen LogP contribution >= 0.6 is 0 Å². The fraction of sp³-hybridized carbons (Fsp3) is 0.250. The van der Waals surface area contributed by atoms with Gasteiger partial charge in [-0.05, 0) is 31.9 Å². The van der Waals surface area contributed by atoms with Gasteiger partial charge in [-0.1, -0.05) is 31.2 Å². The Kier molecular flexibility index (Phi) is 5.23. The van der Waals surface area contributed by atoms with Crippen molar-refractivity contribution in [3.63, 3.8) is 0 Å². The minimum absolute atomic E-state index is 0.455. The number of rotatable bonds is 5. The largest absolute Gasteiger partial charge is 0.282 e. The standard InChI is InChI=1S/C20H22N4O2S/c1-5-17-19(15-10-18(14(3)21-11-15)24-27(4,25)26)20(23-12-22-17)16-9-7-6-8-13(16)2/h6-12,24H,5H2,1-4H3. The fourth-order valence-corrected chi connectivity index (χ4v) is 3.62. The monoisotopic (exact) mass is 382 g/mol. The second kappa shape index (κ2) is 7.44. The summed E-state index contributed by atoms with van der Waals surface area (Å²) in [4.78, 5) is 13.4. The summed E-state index contributed by atoms with van der Waals surface area (Å²) in [5.74, 6) is 0. The van der Waals surface area contributed by atoms with Crippen LogP contribution in [0.15, 0.2) is 42.9 Å². The van der Waals surface area contributed by atoms with E-state index in [1.165, 1.54) is 0 Å². The molecule has 1 aromatic carbocycles. The molecular weight excluding hydrogens is 360 g/mol. The van der Waals surface area contributed by atoms with Gasteiger partial charge in [-0.2, -0.15) is 0 Å². The second-order valence-corrected chi connectivity index (χ2v) is 8.19. The maximum absolute atomic E-state index is 11.7. The van der Waals surface area contributed by atoms with Crippen LogP contribution in [0, 0.1) is 13.8 Å². The summed E-state index contributed by atoms with van der Waals surface area (Å²) in [6, 6.07) is 9.82. The van der Waals surface area contributed by atoms with Crippen molar-refractivity contribution in [3.8, 4) is 22.4 Å². The lowest BCUT2D eigenvalue weighted by Gasteiger charge is -2.16. The maximum atomic E-state index is 11.7. The molecule has 0 aliphatic heterocycles. The van der Waals surface area contributed by atoms with E-state index in [2.05, 4.69) is 19.7 Å². The van der Waals surface area contributed by atoms with Gasteiger partial charge < -0.3 is 0 Å². The van der Waals surface area contributed by atoms with Crippen molar-refractivity contribution < 1.29 is 8.42 Å². The molecule has 0 fully saturated rings. The first-order valence-electron chi connectivity index (χ1n) is 8.65. The zero-order chi connectivity index (χ0) is 19.6. The third kappa shape index (κ3) is 4.14. The van der Waals surface area contributed by atoms with E-state index < -0.39 is 10.0 Å². The van der Waals surface area contributed by atoms with Crippen LogP contribution in [0.5, 0.6) is 0 Å². The van der Waals surface area contributed by atoms with Gasteiger partial charge in [0.1, 0.15) is 6.33 Å². The molecule has 0 radical (unpaired) electrons. The minimum atomic E-state index is -3.40. The molecule has 0 aliphatic rings. The average molecular weight is 382 g/mol. The van der Waals surface area contributed by atoms with Gasteiger partial charge in [-0.3, -0.25) is 9.71 Å². The van der Waals surface area contributed by atoms with E-state index in [4.69, 9.17) is 0 Å². The van der Waals surface area contributed by atoms with Crippen LogP contribution in [0.4, 0.5) is 5.69 Å². The molecule has 0 saturated heterocycles. The van der Waals surface area contributed by atoms with Crippen molar-refractivity contribution in [2.45, 2.75) is 27.2 Å². The number of sulfonamides is 1. The SMILES string of the molecule is CCc1ncnc(-c2ccccc2C)c1-c1cnc(C)c(NS(C)(=O)=O)c1. The molecule has 0 atom stereocenters. The molecule has 0 amide bonds. The summed E-state index contributed by atoms with van der Waals surface area (Å²) in [5, 5.41) is 0. The van der Waals surface area contributed by atoms with Crippen molar-refractivity contribution in [3.05, 3.63) is 59.8 Å². The Morgan fingerprint density at radius 3 is 2.48 bits per heavy atom. The van der Waals surface area contributed by atoms with E-state index in [0.717, 1.165) is 46.3 Å². The van der Waals surface area contributed by atoms with E-state index in [0.29, 0.717) is 11.4 Å². The Bertz CT molecular complexity index is 1090. The van der Waals surface area contributed by atoms with E-state index in [9.17, 15) is 8.42 Å². The van der Waals surface area contributed by atoms with Crippen LogP contribution in [0.3, 0.4) is 0 Å². The zero-order valence-electron chi connectivity index (χ0n) is 15.8. The first-order chi connectivity index (χ1) is 12.8. The summed E-state index contributed by atoms with van der Waals surface area (Å²) in [5.41, 5.74) is 6.54. The third-order valence-corrected chi connectivity index (χ3v) is 4.92. The predicted octanol–water partition coefficient (Wildman–Crippen LogP) is 3.76. The zero-order valence-corrected chi connectivity index (χ0v) is 16.6. The van der Waals surface area contributed by atoms with Crippen molar-refractivity contribution in [1.82, 2.24) is 15.0 Å². The van der Waals surface area contributed by atoms with E-state index in [1.54, 1.807) is 25.5 Å². The number of nitrogens with zero attached hydrogens (tertiary/aromatic N) is 3. The normalized spacial score (nSPS) is 11.4. The van der Waals surface area contributed by atoms with Crippen LogP contribution in [0.1, 0.15) is 23.9 Å². The predicted molar refractivity (Wildman–Crippen MR) is 108 cm³/mol. The van der Waals surface area contributed by atoms with Crippen molar-refractivity contribution >= 4 is 15.7 Å². The number of benzene rings is 1. The van der Waals surface area contributed by atoms with Gasteiger partial charge in [0.2, 0.25) is 10.0 Å². The van der Waals surface area contributed by atoms with Gasteiger partial charge in [0, 0.05) is 22.9 Å². The number of pyridine rings is 1. The molecule has 0 bridgehead atoms. The lowest BCUT2D eigenvalue weighted by atomic mass is 9.95. The van der Waals surface area contributed by atoms with Crippen molar-refractivity contribution in [2.75, 3.05) is 11.0 Å². The lowest BCUT2D eigenvalue weighted by Crippen LogP contribution is -2.11. The number of hydrogen-bond donors (Lipinski definition) is 1. The van der Waals surface area contributed by atoms with Gasteiger partial charge in [0.05, 0.1) is 29.0 Å². The maximum Gasteiger partial charge on any atom is 0.229 e. The average Bonchev–Trinajstić information content (AvgIpc) is 2.62. The van der Waals surface area contributed by atoms with E-state index >= 15 is 0 Å². The highest BCUT2D eigenvalue weighted by Gasteiger charge is 2.17. The molecule has 0 unspecified atom stereocenters. The highest BCUT2D eigenvalue weighted by molar-refractivity contribution is 7.92. The third-order valence-electron chi connectivity index (χ3n) is 4.33. The molecule has 0 saturated carbocycles. The quantitative estimate of drug-likeness (QED) is 0.726. The molecule has 2 heterocycles. The van der Waals surface area contributed by atoms with Crippen LogP contribution in [0.2, 0.25) is 0 Å². The Hall–Kier alpha value is -2.80. The van der Waals surface area contributed by atoms with Gasteiger partial charge in [0.15, 0.2) is 0 Å². The molecule has 3 rings (SSSR count). The smallest absolute Gasteiger partial charge is 0.229 e. The summed E-state index contributed by atoms with van der Waals surface area (Å²) in [6.07, 6.45) is 5.16. The summed E-state index contributed by atoms with van der Waals surface area (Å²) in [6.45, 7) is 5.84. The first kappa shape index (κ1) is 19.0. The Morgan fingerprint density at radius 1 is 1.07 bits per heavy atom. The van der Waals surface area contributed by atoms with Gasteiger partial charge >= 0.3 is 0 Å². The topological polar surface area (TPSA) is 84.8 Å². The fourth-order valence-electron chi connectivity index (χ4n) is 3.01. The van der Waals surface area contributed by atoms with Crippen molar-refractivity contribution in [1.29, 1.82) is 0 Å². The molecule has 27 heavy (non-hydrogen) atoms. The van der Waals surface area contributed by atoms with E-state index in [-0.39, 0.29) is 0 Å². The molecular formula is C20H22N4O2S. The molecule has 3 aromatic rings. The Morgan fingerprint density at radius 2 is 1.81 bits per heavy atom. The highest BCUT2D eigenvalue weighted by Crippen LogP contribution is 2.35. The molecule has 0 aliphatic carbocycles. The number of aromatic nitrogens is 3. The van der Waals surface area contributed by atoms with Crippen LogP contribution < -0.4 is 4.72 Å².